The van der Waals surface area contributed by atoms with Crippen molar-refractivity contribution in [2.75, 3.05) is 6.16 Å². The van der Waals surface area contributed by atoms with Crippen molar-refractivity contribution in [1.82, 2.24) is 0 Å². The summed E-state index contributed by atoms with van der Waals surface area (Å²) in [4.78, 5) is 0. The molecule has 2 aromatic carbocycles. The zero-order valence-electron chi connectivity index (χ0n) is 29.3. The Morgan fingerprint density at radius 2 is 0.929 bits per heavy atom. The van der Waals surface area contributed by atoms with Crippen molar-refractivity contribution in [3.63, 3.8) is 0 Å². The summed E-state index contributed by atoms with van der Waals surface area (Å²) in [5, 5.41) is 0. The van der Waals surface area contributed by atoms with Gasteiger partial charge in [0.15, 0.2) is 0 Å². The van der Waals surface area contributed by atoms with Crippen LogP contribution in [0.2, 0.25) is 0 Å². The van der Waals surface area contributed by atoms with Crippen LogP contribution in [0.4, 0.5) is 0 Å². The molecule has 3 nitrogen and oxygen atoms in total. The number of rotatable bonds is 17. The van der Waals surface area contributed by atoms with Gasteiger partial charge in [-0.2, -0.15) is 0 Å². The third kappa shape index (κ3) is 13.7. The fourth-order valence-corrected chi connectivity index (χ4v) is 8.41. The van der Waals surface area contributed by atoms with E-state index in [9.17, 15) is 4.57 Å². The molecule has 0 aromatic heterocycles. The average molecular weight is 615 g/mol. The molecular weight excluding hydrogens is 557 g/mol. The van der Waals surface area contributed by atoms with Gasteiger partial charge < -0.3 is 11.9 Å². The van der Waals surface area contributed by atoms with Crippen LogP contribution in [0.25, 0.3) is 0 Å². The van der Waals surface area contributed by atoms with E-state index in [-0.39, 0.29) is 62.0 Å². The minimum absolute atomic E-state index is 0. The number of benzene rings is 2. The van der Waals surface area contributed by atoms with E-state index in [4.69, 9.17) is 9.05 Å². The Morgan fingerprint density at radius 3 is 1.31 bits per heavy atom. The van der Waals surface area contributed by atoms with Gasteiger partial charge in [-0.25, -0.2) is 4.57 Å². The second-order valence-corrected chi connectivity index (χ2v) is 14.5. The van der Waals surface area contributed by atoms with Gasteiger partial charge in [0, 0.05) is 0 Å². The van der Waals surface area contributed by atoms with E-state index in [1.54, 1.807) is 0 Å². The molecule has 6 heteroatoms. The summed E-state index contributed by atoms with van der Waals surface area (Å²) in [7, 11) is -3.33. The Hall–Kier alpha value is 0.270. The minimum atomic E-state index is -3.33. The predicted molar refractivity (Wildman–Crippen MR) is 172 cm³/mol. The van der Waals surface area contributed by atoms with Crippen molar-refractivity contribution in [3.05, 3.63) is 59.7 Å². The molecule has 0 saturated heterocycles. The summed E-state index contributed by atoms with van der Waals surface area (Å²) in [5.74, 6) is 2.63. The van der Waals surface area contributed by atoms with Gasteiger partial charge in [0.2, 0.25) is 0 Å². The van der Waals surface area contributed by atoms with Crippen molar-refractivity contribution < 1.29 is 75.6 Å². The van der Waals surface area contributed by atoms with Crippen LogP contribution in [0.15, 0.2) is 48.5 Å². The van der Waals surface area contributed by atoms with E-state index in [0.29, 0.717) is 29.5 Å². The molecule has 4 rings (SSSR count). The van der Waals surface area contributed by atoms with E-state index in [1.807, 2.05) is 24.3 Å². The maximum atomic E-state index is 14.1. The molecule has 0 atom stereocenters. The van der Waals surface area contributed by atoms with Crippen LogP contribution in [0.3, 0.4) is 0 Å². The van der Waals surface area contributed by atoms with Crippen molar-refractivity contribution in [1.29, 1.82) is 0 Å². The van der Waals surface area contributed by atoms with Crippen LogP contribution in [0, 0.1) is 0 Å². The van der Waals surface area contributed by atoms with Crippen molar-refractivity contribution >= 4 is 7.60 Å². The molecule has 0 bridgehead atoms. The van der Waals surface area contributed by atoms with Gasteiger partial charge in [-0.3, -0.25) is 0 Å². The molecule has 226 valence electrons. The Morgan fingerprint density at radius 1 is 0.571 bits per heavy atom. The Bertz CT molecular complexity index is 944. The topological polar surface area (TPSA) is 35.5 Å². The van der Waals surface area contributed by atoms with Gasteiger partial charge in [0.05, 0.1) is 6.16 Å². The molecule has 0 amide bonds. The molecule has 0 heterocycles. The molecule has 0 N–H and O–H groups in total. The first kappa shape index (κ1) is 38.5. The van der Waals surface area contributed by atoms with Crippen molar-refractivity contribution in [3.8, 4) is 11.5 Å². The van der Waals surface area contributed by atoms with E-state index >= 15 is 0 Å². The normalized spacial score (nSPS) is 16.3. The summed E-state index contributed by atoms with van der Waals surface area (Å²) in [6.07, 6.45) is 26.0. The van der Waals surface area contributed by atoms with Gasteiger partial charge in [-0.15, -0.1) is 0 Å². The molecule has 2 aliphatic rings. The summed E-state index contributed by atoms with van der Waals surface area (Å²) in [5.41, 5.74) is 2.77. The number of hydrogen-bond acceptors (Lipinski definition) is 3. The molecule has 42 heavy (non-hydrogen) atoms. The first-order valence-electron chi connectivity index (χ1n) is 16.8. The number of unbranched alkanes of at least 4 members (excludes halogenated alkanes) is 9. The van der Waals surface area contributed by atoms with Gasteiger partial charge in [-0.05, 0) is 79.3 Å². The fraction of sp³-hybridized carbons (Fsp3) is 0.667. The zero-order valence-corrected chi connectivity index (χ0v) is 32.2. The fourth-order valence-electron chi connectivity index (χ4n) is 6.70. The molecule has 0 aliphatic heterocycles. The molecule has 2 saturated carbocycles. The Kier molecular flexibility index (Phi) is 20.1. The second-order valence-electron chi connectivity index (χ2n) is 12.5. The second kappa shape index (κ2) is 21.9. The third-order valence-electron chi connectivity index (χ3n) is 9.19. The van der Waals surface area contributed by atoms with Gasteiger partial charge in [0.1, 0.15) is 11.5 Å². The van der Waals surface area contributed by atoms with Crippen LogP contribution >= 0.6 is 7.60 Å². The average Bonchev–Trinajstić information content (AvgIpc) is 3.00. The largest absolute Gasteiger partial charge is 1.00 e. The molecule has 0 radical (unpaired) electrons. The van der Waals surface area contributed by atoms with Crippen LogP contribution in [0.5, 0.6) is 11.5 Å². The molecular formula is C36H57Na2O3P. The van der Waals surface area contributed by atoms with E-state index in [1.165, 1.54) is 127 Å². The maximum absolute atomic E-state index is 14.1. The summed E-state index contributed by atoms with van der Waals surface area (Å²) < 4.78 is 26.5. The summed E-state index contributed by atoms with van der Waals surface area (Å²) >= 11 is 0. The molecule has 0 unspecified atom stereocenters. The van der Waals surface area contributed by atoms with E-state index in [0.717, 1.165) is 12.8 Å². The molecule has 2 aromatic rings. The predicted octanol–water partition coefficient (Wildman–Crippen LogP) is 6.59. The van der Waals surface area contributed by atoms with Crippen molar-refractivity contribution in [2.45, 2.75) is 147 Å². The Balaban J connectivity index is 0.00000462. The van der Waals surface area contributed by atoms with Crippen LogP contribution in [-0.4, -0.2) is 6.16 Å². The quantitative estimate of drug-likeness (QED) is 0.115. The first-order chi connectivity index (χ1) is 19.6. The van der Waals surface area contributed by atoms with Crippen LogP contribution < -0.4 is 68.2 Å². The monoisotopic (exact) mass is 614 g/mol. The summed E-state index contributed by atoms with van der Waals surface area (Å²) in [6, 6.07) is 16.7. The smallest absolute Gasteiger partial charge is 1.00 e. The third-order valence-corrected chi connectivity index (χ3v) is 11.0. The maximum Gasteiger partial charge on any atom is 1.00 e. The minimum Gasteiger partial charge on any atom is -1.00 e. The van der Waals surface area contributed by atoms with Gasteiger partial charge in [-0.1, -0.05) is 128 Å². The van der Waals surface area contributed by atoms with Gasteiger partial charge >= 0.3 is 66.7 Å². The Labute approximate surface area is 305 Å². The zero-order chi connectivity index (χ0) is 27.9. The van der Waals surface area contributed by atoms with Gasteiger partial charge in [0.25, 0.3) is 0 Å². The first-order valence-corrected chi connectivity index (χ1v) is 18.6. The molecule has 2 aliphatic carbocycles. The van der Waals surface area contributed by atoms with Crippen LogP contribution in [-0.2, 0) is 4.57 Å². The van der Waals surface area contributed by atoms with Crippen LogP contribution in [0.1, 0.15) is 161 Å². The SMILES string of the molecule is CCCCCCCCCCCCP(=O)(Oc1ccc(C2CCCCC2)cc1)Oc1ccc(C2CCCCC2)cc1.[H-].[H-].[Na+].[Na+]. The molecule has 0 spiro atoms. The van der Waals surface area contributed by atoms with E-state index in [2.05, 4.69) is 31.2 Å². The van der Waals surface area contributed by atoms with Crippen molar-refractivity contribution in [2.24, 2.45) is 0 Å². The summed E-state index contributed by atoms with van der Waals surface area (Å²) in [6.45, 7) is 2.27. The number of hydrogen-bond donors (Lipinski definition) is 0. The van der Waals surface area contributed by atoms with E-state index < -0.39 is 7.60 Å². The molecule has 2 fully saturated rings. The standard InChI is InChI=1S/C36H55O3P.2Na.2H/c1-2-3-4-5-6-7-8-9-10-17-30-40(37,38-35-26-22-33(23-27-35)31-18-13-11-14-19-31)39-36-28-24-34(25-29-36)32-20-15-12-16-21-32;;;;/h22-29,31-32H,2-21,30H2,1H3;;;;/q;2*+1;2*-1.